The van der Waals surface area contributed by atoms with Crippen molar-refractivity contribution >= 4 is 22.2 Å². The zero-order valence-corrected chi connectivity index (χ0v) is 13.7. The largest absolute Gasteiger partial charge is 0.493 e. The maximum Gasteiger partial charge on any atom is 0.330 e. The minimum Gasteiger partial charge on any atom is -0.493 e. The van der Waals surface area contributed by atoms with Crippen LogP contribution >= 0.6 is 0 Å². The lowest BCUT2D eigenvalue weighted by Gasteiger charge is -2.11. The van der Waals surface area contributed by atoms with E-state index in [9.17, 15) is 13.2 Å². The third-order valence-corrected chi connectivity index (χ3v) is 3.99. The number of ether oxygens (including phenoxy) is 2. The van der Waals surface area contributed by atoms with Gasteiger partial charge in [0.25, 0.3) is 0 Å². The van der Waals surface area contributed by atoms with Crippen LogP contribution in [0.1, 0.15) is 25.3 Å². The number of rotatable bonds is 8. The predicted molar refractivity (Wildman–Crippen MR) is 83.4 cm³/mol. The van der Waals surface area contributed by atoms with Crippen LogP contribution in [0.25, 0.3) is 6.08 Å². The van der Waals surface area contributed by atoms with Gasteiger partial charge in [0.1, 0.15) is 0 Å². The summed E-state index contributed by atoms with van der Waals surface area (Å²) in [5.41, 5.74) is 0.653. The summed E-state index contributed by atoms with van der Waals surface area (Å²) < 4.78 is 38.3. The van der Waals surface area contributed by atoms with Crippen molar-refractivity contribution in [3.05, 3.63) is 29.8 Å². The standard InChI is InChI=1S/C15H20O6S/c1-4-5-10-22(17,18)21-13-8-6-12(11-14(13)19-2)7-9-15(16)20-3/h6-9,11H,4-5,10H2,1-3H3/b9-7+. The number of carbonyl (C=O) groups is 1. The Bertz CT molecular complexity index is 633. The Kier molecular flexibility index (Phi) is 6.91. The molecule has 0 aromatic heterocycles. The van der Waals surface area contributed by atoms with Crippen LogP contribution in [-0.4, -0.2) is 34.4 Å². The molecule has 0 fully saturated rings. The molecule has 0 unspecified atom stereocenters. The summed E-state index contributed by atoms with van der Waals surface area (Å²) in [5.74, 6) is -0.140. The minimum absolute atomic E-state index is 0.0450. The smallest absolute Gasteiger partial charge is 0.330 e. The first-order valence-corrected chi connectivity index (χ1v) is 8.35. The first-order chi connectivity index (χ1) is 10.4. The number of hydrogen-bond acceptors (Lipinski definition) is 6. The van der Waals surface area contributed by atoms with E-state index in [-0.39, 0.29) is 17.3 Å². The molecule has 0 aliphatic carbocycles. The Morgan fingerprint density at radius 2 is 1.95 bits per heavy atom. The molecule has 0 heterocycles. The zero-order chi connectivity index (χ0) is 16.6. The van der Waals surface area contributed by atoms with E-state index in [2.05, 4.69) is 4.74 Å². The molecule has 0 amide bonds. The predicted octanol–water partition coefficient (Wildman–Crippen LogP) is 2.39. The molecule has 1 rings (SSSR count). The maximum absolute atomic E-state index is 11.8. The molecule has 0 radical (unpaired) electrons. The Hall–Kier alpha value is -2.02. The van der Waals surface area contributed by atoms with Crippen LogP contribution < -0.4 is 8.92 Å². The van der Waals surface area contributed by atoms with E-state index in [1.165, 1.54) is 32.4 Å². The van der Waals surface area contributed by atoms with E-state index in [1.807, 2.05) is 6.92 Å². The quantitative estimate of drug-likeness (QED) is 0.414. The van der Waals surface area contributed by atoms with Crippen molar-refractivity contribution in [2.75, 3.05) is 20.0 Å². The zero-order valence-electron chi connectivity index (χ0n) is 12.9. The fourth-order valence-electron chi connectivity index (χ4n) is 1.59. The number of methoxy groups -OCH3 is 2. The SMILES string of the molecule is CCCCS(=O)(=O)Oc1ccc(/C=C/C(=O)OC)cc1OC. The second-order valence-corrected chi connectivity index (χ2v) is 6.16. The van der Waals surface area contributed by atoms with Gasteiger partial charge in [-0.25, -0.2) is 4.79 Å². The second kappa shape index (κ2) is 8.43. The van der Waals surface area contributed by atoms with Crippen LogP contribution in [-0.2, 0) is 19.6 Å². The first-order valence-electron chi connectivity index (χ1n) is 6.78. The fraction of sp³-hybridized carbons (Fsp3) is 0.400. The van der Waals surface area contributed by atoms with Crippen molar-refractivity contribution in [3.63, 3.8) is 0 Å². The molecule has 0 spiro atoms. The van der Waals surface area contributed by atoms with Gasteiger partial charge in [0.05, 0.1) is 20.0 Å². The highest BCUT2D eigenvalue weighted by atomic mass is 32.2. The topological polar surface area (TPSA) is 78.9 Å². The summed E-state index contributed by atoms with van der Waals surface area (Å²) in [6.45, 7) is 1.90. The molecule has 0 saturated heterocycles. The lowest BCUT2D eigenvalue weighted by Crippen LogP contribution is -2.14. The molecular weight excluding hydrogens is 308 g/mol. The first kappa shape index (κ1) is 18.0. The summed E-state index contributed by atoms with van der Waals surface area (Å²) in [6, 6.07) is 4.68. The molecule has 0 atom stereocenters. The lowest BCUT2D eigenvalue weighted by molar-refractivity contribution is -0.134. The molecule has 0 bridgehead atoms. The van der Waals surface area contributed by atoms with E-state index in [0.717, 1.165) is 6.42 Å². The molecule has 0 N–H and O–H groups in total. The molecule has 0 aliphatic rings. The molecule has 7 heteroatoms. The maximum atomic E-state index is 11.8. The highest BCUT2D eigenvalue weighted by molar-refractivity contribution is 7.87. The highest BCUT2D eigenvalue weighted by Gasteiger charge is 2.15. The van der Waals surface area contributed by atoms with Crippen LogP contribution in [0.4, 0.5) is 0 Å². The van der Waals surface area contributed by atoms with Crippen molar-refractivity contribution in [2.45, 2.75) is 19.8 Å². The van der Waals surface area contributed by atoms with E-state index in [4.69, 9.17) is 8.92 Å². The summed E-state index contributed by atoms with van der Waals surface area (Å²) in [6.07, 6.45) is 4.08. The molecule has 22 heavy (non-hydrogen) atoms. The van der Waals surface area contributed by atoms with E-state index < -0.39 is 16.1 Å². The van der Waals surface area contributed by atoms with Gasteiger partial charge in [0.15, 0.2) is 11.5 Å². The monoisotopic (exact) mass is 328 g/mol. The van der Waals surface area contributed by atoms with Crippen LogP contribution in [0.5, 0.6) is 11.5 Å². The van der Waals surface area contributed by atoms with Crippen molar-refractivity contribution in [1.29, 1.82) is 0 Å². The van der Waals surface area contributed by atoms with Crippen molar-refractivity contribution in [1.82, 2.24) is 0 Å². The van der Waals surface area contributed by atoms with Gasteiger partial charge in [-0.1, -0.05) is 19.4 Å². The van der Waals surface area contributed by atoms with Crippen LogP contribution in [0, 0.1) is 0 Å². The van der Waals surface area contributed by atoms with Crippen LogP contribution in [0.2, 0.25) is 0 Å². The number of carbonyl (C=O) groups excluding carboxylic acids is 1. The fourth-order valence-corrected chi connectivity index (χ4v) is 2.73. The molecule has 0 aliphatic heterocycles. The number of benzene rings is 1. The molecular formula is C15H20O6S. The average Bonchev–Trinajstić information content (AvgIpc) is 2.51. The van der Waals surface area contributed by atoms with Gasteiger partial charge in [0, 0.05) is 6.08 Å². The van der Waals surface area contributed by atoms with Gasteiger partial charge in [-0.05, 0) is 30.2 Å². The van der Waals surface area contributed by atoms with Gasteiger partial charge in [-0.15, -0.1) is 0 Å². The van der Waals surface area contributed by atoms with Crippen molar-refractivity contribution in [2.24, 2.45) is 0 Å². The molecule has 6 nitrogen and oxygen atoms in total. The van der Waals surface area contributed by atoms with Gasteiger partial charge >= 0.3 is 16.1 Å². The summed E-state index contributed by atoms with van der Waals surface area (Å²) in [4.78, 5) is 11.1. The summed E-state index contributed by atoms with van der Waals surface area (Å²) in [5, 5.41) is 0. The van der Waals surface area contributed by atoms with Crippen LogP contribution in [0.15, 0.2) is 24.3 Å². The van der Waals surface area contributed by atoms with E-state index in [1.54, 1.807) is 12.1 Å². The van der Waals surface area contributed by atoms with Gasteiger partial charge in [0.2, 0.25) is 0 Å². The van der Waals surface area contributed by atoms with E-state index in [0.29, 0.717) is 12.0 Å². The van der Waals surface area contributed by atoms with E-state index >= 15 is 0 Å². The number of hydrogen-bond donors (Lipinski definition) is 0. The van der Waals surface area contributed by atoms with Gasteiger partial charge in [-0.2, -0.15) is 8.42 Å². The number of unbranched alkanes of at least 4 members (excludes halogenated alkanes) is 1. The normalized spacial score (nSPS) is 11.4. The van der Waals surface area contributed by atoms with Crippen LogP contribution in [0.3, 0.4) is 0 Å². The molecule has 1 aromatic rings. The Morgan fingerprint density at radius 3 is 2.55 bits per heavy atom. The molecule has 0 saturated carbocycles. The Balaban J connectivity index is 2.94. The minimum atomic E-state index is -3.64. The third-order valence-electron chi connectivity index (χ3n) is 2.77. The Morgan fingerprint density at radius 1 is 1.23 bits per heavy atom. The van der Waals surface area contributed by atoms with Gasteiger partial charge in [-0.3, -0.25) is 0 Å². The summed E-state index contributed by atoms with van der Waals surface area (Å²) in [7, 11) is -0.950. The third kappa shape index (κ3) is 5.77. The second-order valence-electron chi connectivity index (χ2n) is 4.47. The lowest BCUT2D eigenvalue weighted by atomic mass is 10.2. The van der Waals surface area contributed by atoms with Crippen molar-refractivity contribution < 1.29 is 26.9 Å². The summed E-state index contributed by atoms with van der Waals surface area (Å²) >= 11 is 0. The average molecular weight is 328 g/mol. The van der Waals surface area contributed by atoms with Crippen molar-refractivity contribution in [3.8, 4) is 11.5 Å². The number of esters is 1. The molecule has 1 aromatic carbocycles. The highest BCUT2D eigenvalue weighted by Crippen LogP contribution is 2.30. The van der Waals surface area contributed by atoms with Gasteiger partial charge < -0.3 is 13.7 Å². The molecule has 122 valence electrons. The Labute approximate surface area is 130 Å².